The Balaban J connectivity index is 1.30. The predicted molar refractivity (Wildman–Crippen MR) is 96.9 cm³/mol. The Hall–Kier alpha value is -2.89. The summed E-state index contributed by atoms with van der Waals surface area (Å²) in [6.07, 6.45) is 6.73. The van der Waals surface area contributed by atoms with Crippen molar-refractivity contribution in [1.29, 1.82) is 0 Å². The van der Waals surface area contributed by atoms with Crippen LogP contribution in [0.5, 0.6) is 0 Å². The summed E-state index contributed by atoms with van der Waals surface area (Å²) in [5.74, 6) is -0.149. The summed E-state index contributed by atoms with van der Waals surface area (Å²) in [6, 6.07) is 12.1. The summed E-state index contributed by atoms with van der Waals surface area (Å²) in [5.41, 5.74) is 3.85. The van der Waals surface area contributed by atoms with E-state index < -0.39 is 0 Å². The topological polar surface area (TPSA) is 62.5 Å². The molecule has 0 saturated carbocycles. The molecule has 1 N–H and O–H groups in total. The Morgan fingerprint density at radius 2 is 2.16 bits per heavy atom. The zero-order valence-electron chi connectivity index (χ0n) is 14.1. The lowest BCUT2D eigenvalue weighted by Gasteiger charge is -2.31. The first-order valence-electron chi connectivity index (χ1n) is 8.73. The SMILES string of the molecule is O=C(NCCCN1CCCc2ccccc21)c1cc2ncccn2n1. The number of nitrogens with zero attached hydrogens (tertiary/aromatic N) is 4. The van der Waals surface area contributed by atoms with E-state index in [1.807, 2.05) is 0 Å². The van der Waals surface area contributed by atoms with Crippen LogP contribution in [0.2, 0.25) is 0 Å². The molecule has 0 spiro atoms. The number of hydrogen-bond donors (Lipinski definition) is 1. The Morgan fingerprint density at radius 1 is 1.24 bits per heavy atom. The summed E-state index contributed by atoms with van der Waals surface area (Å²) in [6.45, 7) is 2.67. The molecule has 0 fully saturated rings. The van der Waals surface area contributed by atoms with Crippen LogP contribution in [0.3, 0.4) is 0 Å². The van der Waals surface area contributed by atoms with Crippen molar-refractivity contribution in [2.24, 2.45) is 0 Å². The van der Waals surface area contributed by atoms with Crippen molar-refractivity contribution in [3.63, 3.8) is 0 Å². The van der Waals surface area contributed by atoms with Crippen molar-refractivity contribution >= 4 is 17.2 Å². The third kappa shape index (κ3) is 3.33. The smallest absolute Gasteiger partial charge is 0.271 e. The van der Waals surface area contributed by atoms with E-state index in [9.17, 15) is 4.79 Å². The molecular weight excluding hydrogens is 314 g/mol. The summed E-state index contributed by atoms with van der Waals surface area (Å²) in [7, 11) is 0. The van der Waals surface area contributed by atoms with Crippen LogP contribution in [0.15, 0.2) is 48.8 Å². The quantitative estimate of drug-likeness (QED) is 0.727. The van der Waals surface area contributed by atoms with E-state index >= 15 is 0 Å². The Morgan fingerprint density at radius 3 is 3.08 bits per heavy atom. The molecule has 128 valence electrons. The Labute approximate surface area is 146 Å². The Bertz CT molecular complexity index is 855. The molecule has 4 rings (SSSR count). The lowest BCUT2D eigenvalue weighted by Crippen LogP contribution is -2.33. The molecule has 1 aromatic carbocycles. The molecule has 25 heavy (non-hydrogen) atoms. The highest BCUT2D eigenvalue weighted by atomic mass is 16.1. The van der Waals surface area contributed by atoms with Gasteiger partial charge in [0, 0.05) is 43.8 Å². The second-order valence-corrected chi connectivity index (χ2v) is 6.28. The van der Waals surface area contributed by atoms with Gasteiger partial charge in [-0.3, -0.25) is 4.79 Å². The number of hydrogen-bond acceptors (Lipinski definition) is 4. The highest BCUT2D eigenvalue weighted by Crippen LogP contribution is 2.26. The van der Waals surface area contributed by atoms with Gasteiger partial charge in [0.2, 0.25) is 0 Å². The van der Waals surface area contributed by atoms with Crippen LogP contribution in [0.25, 0.3) is 5.65 Å². The van der Waals surface area contributed by atoms with Gasteiger partial charge in [-0.2, -0.15) is 5.10 Å². The van der Waals surface area contributed by atoms with Crippen molar-refractivity contribution in [1.82, 2.24) is 19.9 Å². The van der Waals surface area contributed by atoms with Gasteiger partial charge in [0.1, 0.15) is 0 Å². The lowest BCUT2D eigenvalue weighted by atomic mass is 10.0. The number of benzene rings is 1. The average Bonchev–Trinajstić information content (AvgIpc) is 3.09. The fraction of sp³-hybridized carbons (Fsp3) is 0.316. The molecule has 1 aliphatic heterocycles. The first-order valence-corrected chi connectivity index (χ1v) is 8.73. The maximum Gasteiger partial charge on any atom is 0.271 e. The van der Waals surface area contributed by atoms with Gasteiger partial charge >= 0.3 is 0 Å². The maximum absolute atomic E-state index is 12.2. The molecule has 0 atom stereocenters. The van der Waals surface area contributed by atoms with Crippen LogP contribution in [-0.2, 0) is 6.42 Å². The van der Waals surface area contributed by atoms with Crippen LogP contribution in [0.4, 0.5) is 5.69 Å². The van der Waals surface area contributed by atoms with Gasteiger partial charge in [-0.1, -0.05) is 18.2 Å². The summed E-state index contributed by atoms with van der Waals surface area (Å²) < 4.78 is 1.61. The van der Waals surface area contributed by atoms with Crippen molar-refractivity contribution < 1.29 is 4.79 Å². The molecule has 6 heteroatoms. The van der Waals surface area contributed by atoms with Gasteiger partial charge in [0.25, 0.3) is 5.91 Å². The number of carbonyl (C=O) groups is 1. The molecule has 3 heterocycles. The number of para-hydroxylation sites is 1. The number of aryl methyl sites for hydroxylation is 1. The van der Waals surface area contributed by atoms with E-state index in [1.165, 1.54) is 17.7 Å². The number of rotatable bonds is 5. The molecule has 2 aromatic heterocycles. The van der Waals surface area contributed by atoms with E-state index in [1.54, 1.807) is 29.0 Å². The third-order valence-electron chi connectivity index (χ3n) is 4.57. The van der Waals surface area contributed by atoms with Crippen LogP contribution in [0, 0.1) is 0 Å². The molecular formula is C19H21N5O. The van der Waals surface area contributed by atoms with Gasteiger partial charge in [0.15, 0.2) is 11.3 Å². The first-order chi connectivity index (χ1) is 12.3. The molecule has 0 saturated heterocycles. The second kappa shape index (κ2) is 6.93. The van der Waals surface area contributed by atoms with E-state index in [-0.39, 0.29) is 5.91 Å². The van der Waals surface area contributed by atoms with Crippen LogP contribution in [-0.4, -0.2) is 40.1 Å². The highest BCUT2D eigenvalue weighted by molar-refractivity contribution is 5.93. The average molecular weight is 335 g/mol. The highest BCUT2D eigenvalue weighted by Gasteiger charge is 2.16. The number of amides is 1. The molecule has 0 unspecified atom stereocenters. The molecule has 3 aromatic rings. The minimum absolute atomic E-state index is 0.149. The Kier molecular flexibility index (Phi) is 4.33. The van der Waals surface area contributed by atoms with E-state index in [2.05, 4.69) is 44.6 Å². The summed E-state index contributed by atoms with van der Waals surface area (Å²) >= 11 is 0. The van der Waals surface area contributed by atoms with E-state index in [4.69, 9.17) is 0 Å². The van der Waals surface area contributed by atoms with Crippen LogP contribution < -0.4 is 10.2 Å². The van der Waals surface area contributed by atoms with Gasteiger partial charge in [0.05, 0.1) is 0 Å². The van der Waals surface area contributed by atoms with Crippen molar-refractivity contribution in [3.8, 4) is 0 Å². The monoisotopic (exact) mass is 335 g/mol. The number of aromatic nitrogens is 3. The van der Waals surface area contributed by atoms with Gasteiger partial charge < -0.3 is 10.2 Å². The minimum atomic E-state index is -0.149. The second-order valence-electron chi connectivity index (χ2n) is 6.28. The zero-order valence-corrected chi connectivity index (χ0v) is 14.1. The molecule has 0 radical (unpaired) electrons. The lowest BCUT2D eigenvalue weighted by molar-refractivity contribution is 0.0948. The fourth-order valence-electron chi connectivity index (χ4n) is 3.35. The zero-order chi connectivity index (χ0) is 17.1. The molecule has 1 aliphatic rings. The standard InChI is InChI=1S/C19H21N5O/c25-19(16-14-18-20-9-5-13-24(18)22-16)21-10-4-12-23-11-3-7-15-6-1-2-8-17(15)23/h1-2,5-6,8-9,13-14H,3-4,7,10-12H2,(H,21,25). The summed E-state index contributed by atoms with van der Waals surface area (Å²) in [5, 5.41) is 7.20. The van der Waals surface area contributed by atoms with E-state index in [0.717, 1.165) is 25.9 Å². The van der Waals surface area contributed by atoms with Gasteiger partial charge in [-0.15, -0.1) is 0 Å². The summed E-state index contributed by atoms with van der Waals surface area (Å²) in [4.78, 5) is 18.8. The third-order valence-corrected chi connectivity index (χ3v) is 4.57. The normalized spacial score (nSPS) is 13.7. The molecule has 0 aliphatic carbocycles. The van der Waals surface area contributed by atoms with E-state index in [0.29, 0.717) is 17.9 Å². The van der Waals surface area contributed by atoms with Gasteiger partial charge in [-0.05, 0) is 37.0 Å². The number of nitrogens with one attached hydrogen (secondary N) is 1. The number of carbonyl (C=O) groups excluding carboxylic acids is 1. The molecule has 1 amide bonds. The van der Waals surface area contributed by atoms with Gasteiger partial charge in [-0.25, -0.2) is 9.50 Å². The van der Waals surface area contributed by atoms with Crippen molar-refractivity contribution in [2.45, 2.75) is 19.3 Å². The maximum atomic E-state index is 12.2. The van der Waals surface area contributed by atoms with Crippen molar-refractivity contribution in [2.75, 3.05) is 24.5 Å². The van der Waals surface area contributed by atoms with Crippen LogP contribution >= 0.6 is 0 Å². The largest absolute Gasteiger partial charge is 0.371 e. The van der Waals surface area contributed by atoms with Crippen LogP contribution in [0.1, 0.15) is 28.9 Å². The number of anilines is 1. The molecule has 0 bridgehead atoms. The predicted octanol–water partition coefficient (Wildman–Crippen LogP) is 2.30. The number of fused-ring (bicyclic) bond motifs is 2. The van der Waals surface area contributed by atoms with Crippen molar-refractivity contribution in [3.05, 3.63) is 60.0 Å². The minimum Gasteiger partial charge on any atom is -0.371 e. The fourth-order valence-corrected chi connectivity index (χ4v) is 3.35. The molecule has 6 nitrogen and oxygen atoms in total. The first kappa shape index (κ1) is 15.6.